The fraction of sp³-hybridized carbons (Fsp3) is 0.214. The Labute approximate surface area is 116 Å². The molecule has 0 amide bonds. The third-order valence-corrected chi connectivity index (χ3v) is 3.07. The quantitative estimate of drug-likeness (QED) is 0.784. The molecule has 3 rings (SSSR count). The molecular formula is C14H15N5O. The zero-order chi connectivity index (χ0) is 14.1. The molecule has 1 unspecified atom stereocenters. The lowest BCUT2D eigenvalue weighted by Gasteiger charge is -2.01. The molecule has 1 aromatic carbocycles. The largest absolute Gasteiger partial charge is 0.337 e. The first-order valence-electron chi connectivity index (χ1n) is 6.28. The Morgan fingerprint density at radius 1 is 1.35 bits per heavy atom. The number of benzene rings is 1. The van der Waals surface area contributed by atoms with Crippen LogP contribution < -0.4 is 5.73 Å². The van der Waals surface area contributed by atoms with E-state index in [1.165, 1.54) is 0 Å². The van der Waals surface area contributed by atoms with E-state index >= 15 is 0 Å². The first-order chi connectivity index (χ1) is 9.63. The molecule has 0 fully saturated rings. The molecule has 2 N–H and O–H groups in total. The summed E-state index contributed by atoms with van der Waals surface area (Å²) in [7, 11) is 1.84. The van der Waals surface area contributed by atoms with Gasteiger partial charge < -0.3 is 10.3 Å². The molecule has 2 heterocycles. The van der Waals surface area contributed by atoms with Gasteiger partial charge in [0.1, 0.15) is 6.04 Å². The lowest BCUT2D eigenvalue weighted by Crippen LogP contribution is -2.11. The maximum Gasteiger partial charge on any atom is 0.248 e. The number of nitrogens with two attached hydrogens (primary N) is 1. The van der Waals surface area contributed by atoms with Crippen molar-refractivity contribution >= 4 is 0 Å². The number of nitrogens with zero attached hydrogens (tertiary/aromatic N) is 4. The van der Waals surface area contributed by atoms with Crippen molar-refractivity contribution in [3.63, 3.8) is 0 Å². The summed E-state index contributed by atoms with van der Waals surface area (Å²) in [5.41, 5.74) is 9.00. The summed E-state index contributed by atoms with van der Waals surface area (Å²) in [6.45, 7) is 2.02. The van der Waals surface area contributed by atoms with Gasteiger partial charge in [-0.1, -0.05) is 28.9 Å². The molecule has 0 radical (unpaired) electrons. The van der Waals surface area contributed by atoms with E-state index in [4.69, 9.17) is 10.3 Å². The van der Waals surface area contributed by atoms with Gasteiger partial charge in [-0.05, 0) is 13.0 Å². The van der Waals surface area contributed by atoms with Gasteiger partial charge in [0.25, 0.3) is 0 Å². The van der Waals surface area contributed by atoms with Crippen molar-refractivity contribution < 1.29 is 4.52 Å². The van der Waals surface area contributed by atoms with Crippen molar-refractivity contribution in [2.75, 3.05) is 0 Å². The monoisotopic (exact) mass is 269 g/mol. The van der Waals surface area contributed by atoms with Crippen molar-refractivity contribution in [1.29, 1.82) is 0 Å². The van der Waals surface area contributed by atoms with Crippen molar-refractivity contribution in [3.05, 3.63) is 53.7 Å². The average Bonchev–Trinajstić information content (AvgIpc) is 3.07. The normalized spacial score (nSPS) is 12.6. The van der Waals surface area contributed by atoms with Crippen LogP contribution in [0.1, 0.15) is 23.1 Å². The highest BCUT2D eigenvalue weighted by molar-refractivity contribution is 5.55. The molecule has 0 aliphatic heterocycles. The maximum atomic E-state index is 6.10. The van der Waals surface area contributed by atoms with Crippen LogP contribution in [0.4, 0.5) is 0 Å². The van der Waals surface area contributed by atoms with Gasteiger partial charge >= 0.3 is 0 Å². The lowest BCUT2D eigenvalue weighted by atomic mass is 10.1. The highest BCUT2D eigenvalue weighted by Crippen LogP contribution is 2.22. The predicted octanol–water partition coefficient (Wildman–Crippen LogP) is 1.83. The minimum Gasteiger partial charge on any atom is -0.337 e. The van der Waals surface area contributed by atoms with Gasteiger partial charge in [0.15, 0.2) is 0 Å². The van der Waals surface area contributed by atoms with E-state index in [1.54, 1.807) is 10.9 Å². The maximum absolute atomic E-state index is 6.10. The van der Waals surface area contributed by atoms with Gasteiger partial charge in [-0.3, -0.25) is 4.68 Å². The molecular weight excluding hydrogens is 254 g/mol. The average molecular weight is 269 g/mol. The second kappa shape index (κ2) is 4.90. The molecule has 1 atom stereocenters. The van der Waals surface area contributed by atoms with Crippen molar-refractivity contribution in [3.8, 4) is 11.4 Å². The minimum atomic E-state index is -0.463. The predicted molar refractivity (Wildman–Crippen MR) is 73.7 cm³/mol. The fourth-order valence-corrected chi connectivity index (χ4v) is 2.01. The fourth-order valence-electron chi connectivity index (χ4n) is 2.01. The number of hydrogen-bond donors (Lipinski definition) is 1. The Bertz CT molecular complexity index is 731. The number of aryl methyl sites for hydroxylation is 2. The minimum absolute atomic E-state index is 0.384. The lowest BCUT2D eigenvalue weighted by molar-refractivity contribution is 0.367. The Kier molecular flexibility index (Phi) is 3.08. The van der Waals surface area contributed by atoms with Crippen LogP contribution in [-0.2, 0) is 7.05 Å². The smallest absolute Gasteiger partial charge is 0.248 e. The summed E-state index contributed by atoms with van der Waals surface area (Å²) in [5.74, 6) is 0.928. The highest BCUT2D eigenvalue weighted by Gasteiger charge is 2.18. The molecule has 6 heteroatoms. The van der Waals surface area contributed by atoms with Crippen molar-refractivity contribution in [2.45, 2.75) is 13.0 Å². The summed E-state index contributed by atoms with van der Waals surface area (Å²) in [6.07, 6.45) is 3.53. The molecule has 0 spiro atoms. The van der Waals surface area contributed by atoms with Gasteiger partial charge in [-0.2, -0.15) is 10.1 Å². The van der Waals surface area contributed by atoms with Crippen LogP contribution in [0.3, 0.4) is 0 Å². The van der Waals surface area contributed by atoms with Gasteiger partial charge in [0.05, 0.1) is 6.20 Å². The second-order valence-electron chi connectivity index (χ2n) is 4.75. The van der Waals surface area contributed by atoms with E-state index < -0.39 is 6.04 Å². The van der Waals surface area contributed by atoms with Gasteiger partial charge in [0, 0.05) is 24.4 Å². The molecule has 20 heavy (non-hydrogen) atoms. The standard InChI is InChI=1S/C14H15N5O/c1-9-4-3-5-10(6-9)13-17-14(20-18-13)12(15)11-7-16-19(2)8-11/h3-8,12H,15H2,1-2H3. The SMILES string of the molecule is Cc1cccc(-c2noc(C(N)c3cnn(C)c3)n2)c1. The molecule has 0 aliphatic carbocycles. The second-order valence-corrected chi connectivity index (χ2v) is 4.75. The highest BCUT2D eigenvalue weighted by atomic mass is 16.5. The Morgan fingerprint density at radius 2 is 2.20 bits per heavy atom. The van der Waals surface area contributed by atoms with Crippen molar-refractivity contribution in [2.24, 2.45) is 12.8 Å². The third-order valence-electron chi connectivity index (χ3n) is 3.07. The van der Waals surface area contributed by atoms with Crippen LogP contribution in [0.15, 0.2) is 41.2 Å². The molecule has 2 aromatic heterocycles. The number of hydrogen-bond acceptors (Lipinski definition) is 5. The molecule has 0 bridgehead atoms. The summed E-state index contributed by atoms with van der Waals surface area (Å²) in [4.78, 5) is 4.37. The van der Waals surface area contributed by atoms with E-state index in [9.17, 15) is 0 Å². The van der Waals surface area contributed by atoms with Crippen molar-refractivity contribution in [1.82, 2.24) is 19.9 Å². The van der Waals surface area contributed by atoms with Gasteiger partial charge in [0.2, 0.25) is 11.7 Å². The molecule has 102 valence electrons. The summed E-state index contributed by atoms with van der Waals surface area (Å²) in [6, 6.07) is 7.46. The Hall–Kier alpha value is -2.47. The topological polar surface area (TPSA) is 82.8 Å². The van der Waals surface area contributed by atoms with E-state index in [0.29, 0.717) is 11.7 Å². The zero-order valence-corrected chi connectivity index (χ0v) is 11.3. The first kappa shape index (κ1) is 12.6. The van der Waals surface area contributed by atoms with Crippen LogP contribution in [-0.4, -0.2) is 19.9 Å². The van der Waals surface area contributed by atoms with Crippen LogP contribution in [0.5, 0.6) is 0 Å². The Morgan fingerprint density at radius 3 is 2.90 bits per heavy atom. The van der Waals surface area contributed by atoms with E-state index in [2.05, 4.69) is 15.2 Å². The van der Waals surface area contributed by atoms with Gasteiger partial charge in [-0.25, -0.2) is 0 Å². The molecule has 6 nitrogen and oxygen atoms in total. The molecule has 0 aliphatic rings. The third kappa shape index (κ3) is 2.33. The number of rotatable bonds is 3. The van der Waals surface area contributed by atoms with E-state index in [-0.39, 0.29) is 0 Å². The van der Waals surface area contributed by atoms with E-state index in [1.807, 2.05) is 44.4 Å². The Balaban J connectivity index is 1.90. The van der Waals surface area contributed by atoms with Crippen LogP contribution in [0.25, 0.3) is 11.4 Å². The van der Waals surface area contributed by atoms with Gasteiger partial charge in [-0.15, -0.1) is 0 Å². The zero-order valence-electron chi connectivity index (χ0n) is 11.3. The molecule has 0 saturated heterocycles. The summed E-state index contributed by atoms with van der Waals surface area (Å²) >= 11 is 0. The first-order valence-corrected chi connectivity index (χ1v) is 6.28. The van der Waals surface area contributed by atoms with Crippen LogP contribution in [0.2, 0.25) is 0 Å². The molecule has 3 aromatic rings. The summed E-state index contributed by atoms with van der Waals surface area (Å²) < 4.78 is 6.95. The van der Waals surface area contributed by atoms with Crippen LogP contribution in [0, 0.1) is 6.92 Å². The van der Waals surface area contributed by atoms with Crippen LogP contribution >= 0.6 is 0 Å². The number of aromatic nitrogens is 4. The summed E-state index contributed by atoms with van der Waals surface area (Å²) in [5, 5.41) is 8.07. The van der Waals surface area contributed by atoms with E-state index in [0.717, 1.165) is 16.7 Å². The molecule has 0 saturated carbocycles.